The van der Waals surface area contributed by atoms with Crippen LogP contribution >= 0.6 is 0 Å². The molecule has 0 aliphatic carbocycles. The van der Waals surface area contributed by atoms with Gasteiger partial charge in [-0.25, -0.2) is 4.39 Å². The zero-order chi connectivity index (χ0) is 17.4. The minimum Gasteiger partial charge on any atom is -0.504 e. The molecule has 6 heteroatoms. The van der Waals surface area contributed by atoms with Crippen molar-refractivity contribution >= 4 is 17.7 Å². The molecule has 0 bridgehead atoms. The van der Waals surface area contributed by atoms with Crippen molar-refractivity contribution < 1.29 is 24.1 Å². The highest BCUT2D eigenvalue weighted by Crippen LogP contribution is 2.49. The third-order valence-corrected chi connectivity index (χ3v) is 3.95. The Morgan fingerprint density at radius 2 is 1.79 bits per heavy atom. The van der Waals surface area contributed by atoms with E-state index in [0.717, 1.165) is 5.69 Å². The number of rotatable bonds is 3. The number of benzene rings is 2. The third kappa shape index (κ3) is 2.46. The van der Waals surface area contributed by atoms with Gasteiger partial charge in [0.2, 0.25) is 5.75 Å². The van der Waals surface area contributed by atoms with Crippen LogP contribution in [0.25, 0.3) is 5.76 Å². The number of fused-ring (bicyclic) bond motifs is 1. The maximum atomic E-state index is 14.7. The summed E-state index contributed by atoms with van der Waals surface area (Å²) in [6, 6.07) is 9.44. The first-order chi connectivity index (χ1) is 11.4. The number of halogens is 1. The molecular weight excluding hydrogens is 313 g/mol. The van der Waals surface area contributed by atoms with Crippen LogP contribution in [0.4, 0.5) is 10.1 Å². The van der Waals surface area contributed by atoms with Gasteiger partial charge in [-0.15, -0.1) is 0 Å². The van der Waals surface area contributed by atoms with Crippen LogP contribution in [0.2, 0.25) is 0 Å². The summed E-state index contributed by atoms with van der Waals surface area (Å²) in [6.45, 7) is 0. The van der Waals surface area contributed by atoms with Gasteiger partial charge in [-0.05, 0) is 30.3 Å². The molecule has 1 aliphatic rings. The molecule has 0 fully saturated rings. The van der Waals surface area contributed by atoms with Crippen molar-refractivity contribution in [1.29, 1.82) is 0 Å². The fourth-order valence-corrected chi connectivity index (χ4v) is 2.60. The summed E-state index contributed by atoms with van der Waals surface area (Å²) in [4.78, 5) is 13.3. The maximum Gasteiger partial charge on any atom is 0.201 e. The number of phenolic OH excluding ortho intramolecular Hbond substituents is 2. The highest BCUT2D eigenvalue weighted by molar-refractivity contribution is 5.81. The van der Waals surface area contributed by atoms with Crippen LogP contribution < -0.4 is 9.64 Å². The van der Waals surface area contributed by atoms with Crippen LogP contribution in [0.15, 0.2) is 42.2 Å². The van der Waals surface area contributed by atoms with Crippen molar-refractivity contribution in [3.05, 3.63) is 53.4 Å². The van der Waals surface area contributed by atoms with Crippen molar-refractivity contribution in [3.8, 4) is 17.2 Å². The van der Waals surface area contributed by atoms with Crippen LogP contribution in [-0.4, -0.2) is 30.6 Å². The van der Waals surface area contributed by atoms with Gasteiger partial charge in [0.05, 0.1) is 5.92 Å². The second kappa shape index (κ2) is 5.88. The molecule has 1 atom stereocenters. The van der Waals surface area contributed by atoms with Gasteiger partial charge >= 0.3 is 0 Å². The van der Waals surface area contributed by atoms with Crippen LogP contribution in [0.1, 0.15) is 17.0 Å². The summed E-state index contributed by atoms with van der Waals surface area (Å²) in [5.74, 6) is -3.10. The van der Waals surface area contributed by atoms with E-state index in [1.165, 1.54) is 12.1 Å². The van der Waals surface area contributed by atoms with E-state index in [2.05, 4.69) is 0 Å². The Labute approximate surface area is 138 Å². The Bertz CT molecular complexity index is 828. The van der Waals surface area contributed by atoms with Crippen molar-refractivity contribution in [3.63, 3.8) is 0 Å². The van der Waals surface area contributed by atoms with E-state index in [1.54, 1.807) is 24.3 Å². The van der Waals surface area contributed by atoms with E-state index in [1.807, 2.05) is 19.0 Å². The van der Waals surface area contributed by atoms with Crippen molar-refractivity contribution in [2.24, 2.45) is 0 Å². The van der Waals surface area contributed by atoms with E-state index in [-0.39, 0.29) is 17.1 Å². The molecule has 2 aromatic carbocycles. The molecule has 124 valence electrons. The lowest BCUT2D eigenvalue weighted by atomic mass is 9.93. The monoisotopic (exact) mass is 329 g/mol. The molecule has 0 spiro atoms. The number of carbonyl (C=O) groups is 1. The summed E-state index contributed by atoms with van der Waals surface area (Å²) >= 11 is 0. The lowest BCUT2D eigenvalue weighted by molar-refractivity contribution is -0.108. The molecule has 5 nitrogen and oxygen atoms in total. The Morgan fingerprint density at radius 1 is 1.12 bits per heavy atom. The number of carbonyl (C=O) groups excluding carboxylic acids is 1. The SMILES string of the molecule is CN(C)c1ccc(C2=C(F)C(C=O)c3ccc(O)c(O)c3O2)cc1. The maximum absolute atomic E-state index is 14.7. The lowest BCUT2D eigenvalue weighted by Crippen LogP contribution is -2.14. The normalized spacial score (nSPS) is 16.4. The molecule has 0 amide bonds. The largest absolute Gasteiger partial charge is 0.504 e. The lowest BCUT2D eigenvalue weighted by Gasteiger charge is -2.25. The van der Waals surface area contributed by atoms with Gasteiger partial charge in [-0.2, -0.15) is 0 Å². The average molecular weight is 329 g/mol. The molecule has 0 radical (unpaired) electrons. The molecule has 2 aromatic rings. The van der Waals surface area contributed by atoms with Gasteiger partial charge in [0, 0.05) is 30.9 Å². The Kier molecular flexibility index (Phi) is 3.89. The van der Waals surface area contributed by atoms with E-state index in [9.17, 15) is 19.4 Å². The van der Waals surface area contributed by atoms with Gasteiger partial charge in [0.1, 0.15) is 6.29 Å². The first-order valence-corrected chi connectivity index (χ1v) is 7.29. The molecule has 1 aliphatic heterocycles. The number of aromatic hydroxyl groups is 2. The van der Waals surface area contributed by atoms with E-state index in [4.69, 9.17) is 4.74 Å². The summed E-state index contributed by atoms with van der Waals surface area (Å²) in [6.07, 6.45) is 0.446. The second-order valence-corrected chi connectivity index (χ2v) is 5.69. The van der Waals surface area contributed by atoms with Crippen molar-refractivity contribution in [2.45, 2.75) is 5.92 Å². The number of allylic oxidation sites excluding steroid dienone is 1. The Hall–Kier alpha value is -3.02. The fourth-order valence-electron chi connectivity index (χ4n) is 2.60. The molecule has 0 saturated heterocycles. The fraction of sp³-hybridized carbons (Fsp3) is 0.167. The van der Waals surface area contributed by atoms with Gasteiger partial charge < -0.3 is 24.6 Å². The molecule has 3 rings (SSSR count). The summed E-state index contributed by atoms with van der Waals surface area (Å²) < 4.78 is 20.2. The number of aldehydes is 1. The molecule has 24 heavy (non-hydrogen) atoms. The highest BCUT2D eigenvalue weighted by atomic mass is 19.1. The number of anilines is 1. The number of phenols is 2. The number of ether oxygens (including phenoxy) is 1. The Morgan fingerprint density at radius 3 is 2.38 bits per heavy atom. The van der Waals surface area contributed by atoms with Gasteiger partial charge in [-0.3, -0.25) is 0 Å². The molecule has 2 N–H and O–H groups in total. The van der Waals surface area contributed by atoms with Crippen LogP contribution in [0.5, 0.6) is 17.2 Å². The zero-order valence-corrected chi connectivity index (χ0v) is 13.2. The first-order valence-electron chi connectivity index (χ1n) is 7.29. The first kappa shape index (κ1) is 15.9. The predicted molar refractivity (Wildman–Crippen MR) is 88.0 cm³/mol. The van der Waals surface area contributed by atoms with Crippen LogP contribution in [0, 0.1) is 0 Å². The van der Waals surface area contributed by atoms with E-state index >= 15 is 0 Å². The zero-order valence-electron chi connectivity index (χ0n) is 13.2. The minimum atomic E-state index is -1.19. The van der Waals surface area contributed by atoms with Crippen LogP contribution in [0.3, 0.4) is 0 Å². The smallest absolute Gasteiger partial charge is 0.201 e. The summed E-state index contributed by atoms with van der Waals surface area (Å²) in [7, 11) is 3.76. The predicted octanol–water partition coefficient (Wildman–Crippen LogP) is 3.18. The van der Waals surface area contributed by atoms with Gasteiger partial charge in [-0.1, -0.05) is 6.07 Å². The second-order valence-electron chi connectivity index (χ2n) is 5.69. The summed E-state index contributed by atoms with van der Waals surface area (Å²) in [5.41, 5.74) is 1.52. The number of nitrogens with zero attached hydrogens (tertiary/aromatic N) is 1. The molecular formula is C18H16FNO4. The van der Waals surface area contributed by atoms with E-state index in [0.29, 0.717) is 11.8 Å². The number of hydrogen-bond acceptors (Lipinski definition) is 5. The van der Waals surface area contributed by atoms with Crippen molar-refractivity contribution in [2.75, 3.05) is 19.0 Å². The summed E-state index contributed by atoms with van der Waals surface area (Å²) in [5, 5.41) is 19.6. The average Bonchev–Trinajstić information content (AvgIpc) is 2.58. The van der Waals surface area contributed by atoms with Crippen molar-refractivity contribution in [1.82, 2.24) is 0 Å². The molecule has 0 saturated carbocycles. The quantitative estimate of drug-likeness (QED) is 0.668. The third-order valence-electron chi connectivity index (χ3n) is 3.95. The molecule has 1 unspecified atom stereocenters. The molecule has 0 aromatic heterocycles. The molecule has 1 heterocycles. The standard InChI is InChI=1S/C18H16FNO4/c1-20(2)11-5-3-10(4-6-11)17-15(19)13(9-21)12-7-8-14(22)16(23)18(12)24-17/h3-9,13,22-23H,1-2H3. The van der Waals surface area contributed by atoms with Gasteiger partial charge in [0.15, 0.2) is 23.1 Å². The van der Waals surface area contributed by atoms with Gasteiger partial charge in [0.25, 0.3) is 0 Å². The number of hydrogen-bond donors (Lipinski definition) is 2. The Balaban J connectivity index is 2.11. The highest BCUT2D eigenvalue weighted by Gasteiger charge is 2.33. The van der Waals surface area contributed by atoms with E-state index < -0.39 is 23.2 Å². The topological polar surface area (TPSA) is 70.0 Å². The van der Waals surface area contributed by atoms with Crippen LogP contribution in [-0.2, 0) is 4.79 Å². The minimum absolute atomic E-state index is 0.111.